The van der Waals surface area contributed by atoms with E-state index in [0.717, 1.165) is 11.1 Å². The van der Waals surface area contributed by atoms with Crippen LogP contribution in [0.4, 0.5) is 0 Å². The van der Waals surface area contributed by atoms with Crippen molar-refractivity contribution >= 4 is 23.6 Å². The van der Waals surface area contributed by atoms with Crippen LogP contribution in [0.1, 0.15) is 41.7 Å². The maximum Gasteiger partial charge on any atom is 0.310 e. The lowest BCUT2D eigenvalue weighted by molar-refractivity contribution is -0.297. The summed E-state index contributed by atoms with van der Waals surface area (Å²) < 4.78 is 46.2. The number of benzene rings is 2. The van der Waals surface area contributed by atoms with Crippen molar-refractivity contribution in [1.82, 2.24) is 5.32 Å². The van der Waals surface area contributed by atoms with Crippen LogP contribution in [0.25, 0.3) is 0 Å². The Balaban J connectivity index is 1.33. The first-order valence-electron chi connectivity index (χ1n) is 14.8. The van der Waals surface area contributed by atoms with Gasteiger partial charge in [0.15, 0.2) is 29.3 Å². The number of aliphatic hydroxyl groups is 1. The van der Waals surface area contributed by atoms with Crippen molar-refractivity contribution in [3.8, 4) is 28.7 Å². The van der Waals surface area contributed by atoms with Crippen molar-refractivity contribution in [2.75, 3.05) is 34.2 Å². The van der Waals surface area contributed by atoms with Gasteiger partial charge in [0.2, 0.25) is 18.4 Å². The third-order valence-electron chi connectivity index (χ3n) is 9.15. The highest BCUT2D eigenvalue weighted by atomic mass is 32.2. The van der Waals surface area contributed by atoms with Crippen LogP contribution in [0.2, 0.25) is 0 Å². The second kappa shape index (κ2) is 11.7. The number of amides is 1. The van der Waals surface area contributed by atoms with Gasteiger partial charge >= 0.3 is 5.97 Å². The lowest BCUT2D eigenvalue weighted by Gasteiger charge is -2.49. The number of carbonyl (C=O) groups is 2. The van der Waals surface area contributed by atoms with Gasteiger partial charge in [-0.2, -0.15) is 0 Å². The molecule has 0 radical (unpaired) electrons. The van der Waals surface area contributed by atoms with Crippen molar-refractivity contribution in [3.05, 3.63) is 41.0 Å². The molecule has 0 spiro atoms. The van der Waals surface area contributed by atoms with E-state index >= 15 is 0 Å². The monoisotopic (exact) mass is 645 g/mol. The number of thioether (sulfide) groups is 1. The summed E-state index contributed by atoms with van der Waals surface area (Å²) in [5, 5.41) is 24.6. The molecule has 45 heavy (non-hydrogen) atoms. The number of phenols is 1. The number of methoxy groups -OCH3 is 2. The van der Waals surface area contributed by atoms with Gasteiger partial charge in [-0.05, 0) is 47.9 Å². The van der Waals surface area contributed by atoms with Gasteiger partial charge in [0.1, 0.15) is 23.7 Å². The molecule has 3 fully saturated rings. The van der Waals surface area contributed by atoms with Gasteiger partial charge in [0.05, 0.1) is 39.4 Å². The average Bonchev–Trinajstić information content (AvgIpc) is 3.64. The Morgan fingerprint density at radius 1 is 1.00 bits per heavy atom. The zero-order valence-electron chi connectivity index (χ0n) is 25.1. The zero-order valence-corrected chi connectivity index (χ0v) is 25.9. The van der Waals surface area contributed by atoms with Crippen LogP contribution in [0, 0.1) is 11.8 Å². The standard InChI is InChI=1S/C31H35NO12S/c1-12(33)32-25-27(35)28-22(10-39-13(2)43-28)44-31(25)45-29-16-8-19-18(41-11-42-19)7-15(16)23(24-17(29)9-40-30(24)36)14-5-20(37-3)26(34)21(6-14)38-4/h5-8,13,17,22-25,27-29,31,34-35H,9-11H2,1-4H3,(H,32,33)/t13?,17-,22-,23+,24-,25-,27-,28-,29+,31+/m1/s1. The number of phenolic OH excluding ortho intramolecular Hbond substituents is 1. The van der Waals surface area contributed by atoms with Crippen molar-refractivity contribution in [2.24, 2.45) is 11.8 Å². The van der Waals surface area contributed by atoms with Crippen LogP contribution >= 0.6 is 11.8 Å². The van der Waals surface area contributed by atoms with Crippen molar-refractivity contribution < 1.29 is 57.7 Å². The molecule has 0 aromatic heterocycles. The number of hydrogen-bond acceptors (Lipinski definition) is 13. The summed E-state index contributed by atoms with van der Waals surface area (Å²) in [6, 6.07) is 6.39. The molecule has 0 bridgehead atoms. The van der Waals surface area contributed by atoms with Crippen LogP contribution < -0.4 is 24.3 Å². The van der Waals surface area contributed by atoms with E-state index in [-0.39, 0.29) is 60.3 Å². The number of aliphatic hydroxyl groups excluding tert-OH is 1. The van der Waals surface area contributed by atoms with E-state index in [0.29, 0.717) is 17.1 Å². The van der Waals surface area contributed by atoms with Crippen molar-refractivity contribution in [1.29, 1.82) is 0 Å². The molecule has 0 saturated carbocycles. The summed E-state index contributed by atoms with van der Waals surface area (Å²) in [5.41, 5.74) is 1.63. The molecule has 3 saturated heterocycles. The van der Waals surface area contributed by atoms with E-state index in [2.05, 4.69) is 5.32 Å². The van der Waals surface area contributed by atoms with Gasteiger partial charge in [-0.3, -0.25) is 9.59 Å². The van der Waals surface area contributed by atoms with Crippen LogP contribution in [0.5, 0.6) is 28.7 Å². The molecule has 5 aliphatic rings. The lowest BCUT2D eigenvalue weighted by atomic mass is 9.67. The first-order chi connectivity index (χ1) is 21.7. The molecule has 14 heteroatoms. The molecule has 2 aromatic rings. The number of hydrogen-bond donors (Lipinski definition) is 3. The molecule has 10 atom stereocenters. The predicted octanol–water partition coefficient (Wildman–Crippen LogP) is 2.20. The average molecular weight is 646 g/mol. The van der Waals surface area contributed by atoms with Gasteiger partial charge < -0.3 is 53.4 Å². The van der Waals surface area contributed by atoms with E-state index in [9.17, 15) is 19.8 Å². The van der Waals surface area contributed by atoms with Gasteiger partial charge in [0.25, 0.3) is 0 Å². The molecule has 1 amide bonds. The third kappa shape index (κ3) is 5.12. The van der Waals surface area contributed by atoms with E-state index in [1.165, 1.54) is 32.9 Å². The number of rotatable bonds is 6. The Kier molecular flexibility index (Phi) is 7.89. The number of cyclic esters (lactones) is 1. The highest BCUT2D eigenvalue weighted by Gasteiger charge is 2.56. The SMILES string of the molecule is COc1cc([C@H]2c3cc4c(cc3[C@H](S[C@@H]3O[C@@H]5COC(C)O[C@H]5[C@H](O)[C@H]3NC(C)=O)[C@@H]3COC(=O)[C@@H]23)OCO4)cc(OC)c1O. The Morgan fingerprint density at radius 2 is 1.69 bits per heavy atom. The van der Waals surface area contributed by atoms with Crippen LogP contribution in [0.3, 0.4) is 0 Å². The maximum atomic E-state index is 13.6. The molecule has 4 heterocycles. The van der Waals surface area contributed by atoms with Gasteiger partial charge in [0, 0.05) is 24.0 Å². The minimum absolute atomic E-state index is 0.0560. The number of aromatic hydroxyl groups is 1. The molecule has 4 aliphatic heterocycles. The minimum atomic E-state index is -1.07. The molecule has 13 nitrogen and oxygen atoms in total. The van der Waals surface area contributed by atoms with Crippen LogP contribution in [-0.4, -0.2) is 92.4 Å². The smallest absolute Gasteiger partial charge is 0.310 e. The Labute approximate surface area is 263 Å². The molecule has 7 rings (SSSR count). The molecule has 1 aliphatic carbocycles. The topological polar surface area (TPSA) is 160 Å². The molecular formula is C31H35NO12S. The number of carbonyl (C=O) groups excluding carboxylic acids is 2. The number of ether oxygens (including phenoxy) is 8. The maximum absolute atomic E-state index is 13.6. The first-order valence-corrected chi connectivity index (χ1v) is 15.7. The summed E-state index contributed by atoms with van der Waals surface area (Å²) >= 11 is 1.41. The first kappa shape index (κ1) is 30.2. The van der Waals surface area contributed by atoms with Gasteiger partial charge in [-0.15, -0.1) is 11.8 Å². The Morgan fingerprint density at radius 3 is 2.36 bits per heavy atom. The molecule has 1 unspecified atom stereocenters. The fourth-order valence-corrected chi connectivity index (χ4v) is 8.84. The van der Waals surface area contributed by atoms with Crippen molar-refractivity contribution in [2.45, 2.75) is 61.1 Å². The van der Waals surface area contributed by atoms with E-state index in [1.807, 2.05) is 12.1 Å². The van der Waals surface area contributed by atoms with Crippen molar-refractivity contribution in [3.63, 3.8) is 0 Å². The quantitative estimate of drug-likeness (QED) is 0.393. The number of nitrogens with one attached hydrogen (secondary N) is 1. The molecule has 2 aromatic carbocycles. The highest BCUT2D eigenvalue weighted by Crippen LogP contribution is 2.60. The molecule has 242 valence electrons. The highest BCUT2D eigenvalue weighted by molar-refractivity contribution is 8.00. The second-order valence-electron chi connectivity index (χ2n) is 11.7. The zero-order chi connectivity index (χ0) is 31.6. The summed E-state index contributed by atoms with van der Waals surface area (Å²) in [6.07, 6.45) is -2.86. The Hall–Kier alpha value is -3.43. The lowest BCUT2D eigenvalue weighted by Crippen LogP contribution is -2.66. The summed E-state index contributed by atoms with van der Waals surface area (Å²) in [6.45, 7) is 3.54. The third-order valence-corrected chi connectivity index (χ3v) is 10.7. The van der Waals surface area contributed by atoms with E-state index in [4.69, 9.17) is 37.9 Å². The normalized spacial score (nSPS) is 34.6. The Bertz CT molecular complexity index is 1480. The number of fused-ring (bicyclic) bond motifs is 4. The van der Waals surface area contributed by atoms with Crippen LogP contribution in [-0.2, 0) is 28.5 Å². The number of esters is 1. The van der Waals surface area contributed by atoms with Gasteiger partial charge in [-0.1, -0.05) is 0 Å². The largest absolute Gasteiger partial charge is 0.502 e. The van der Waals surface area contributed by atoms with E-state index < -0.39 is 47.9 Å². The summed E-state index contributed by atoms with van der Waals surface area (Å²) in [4.78, 5) is 25.9. The van der Waals surface area contributed by atoms with Gasteiger partial charge in [-0.25, -0.2) is 0 Å². The molecule has 3 N–H and O–H groups in total. The molecular weight excluding hydrogens is 610 g/mol. The fraction of sp³-hybridized carbons (Fsp3) is 0.548. The second-order valence-corrected chi connectivity index (χ2v) is 13.0. The minimum Gasteiger partial charge on any atom is -0.502 e. The van der Waals surface area contributed by atoms with E-state index in [1.54, 1.807) is 19.1 Å². The predicted molar refractivity (Wildman–Crippen MR) is 156 cm³/mol. The summed E-state index contributed by atoms with van der Waals surface area (Å²) in [7, 11) is 2.89. The van der Waals surface area contributed by atoms with Crippen LogP contribution in [0.15, 0.2) is 24.3 Å². The fourth-order valence-electron chi connectivity index (χ4n) is 7.14. The summed E-state index contributed by atoms with van der Waals surface area (Å²) in [5.74, 6) is -0.798.